The number of halogens is 3. The molecule has 0 spiro atoms. The van der Waals surface area contributed by atoms with Gasteiger partial charge in [0.1, 0.15) is 17.3 Å². The Balaban J connectivity index is 1.73. The van der Waals surface area contributed by atoms with Gasteiger partial charge in [-0.05, 0) is 62.3 Å². The lowest BCUT2D eigenvalue weighted by Crippen LogP contribution is -2.49. The van der Waals surface area contributed by atoms with E-state index >= 15 is 0 Å². The lowest BCUT2D eigenvalue weighted by molar-refractivity contribution is -0.142. The van der Waals surface area contributed by atoms with Crippen molar-refractivity contribution in [1.29, 1.82) is 5.26 Å². The number of rotatable bonds is 1. The average molecular weight is 346 g/mol. The highest BCUT2D eigenvalue weighted by molar-refractivity contribution is 5.55. The Labute approximate surface area is 142 Å². The van der Waals surface area contributed by atoms with Crippen molar-refractivity contribution in [3.8, 4) is 6.07 Å². The van der Waals surface area contributed by atoms with E-state index in [0.29, 0.717) is 23.4 Å². The summed E-state index contributed by atoms with van der Waals surface area (Å²) in [4.78, 5) is 4.55. The van der Waals surface area contributed by atoms with E-state index < -0.39 is 11.9 Å². The first-order valence-corrected chi connectivity index (χ1v) is 8.74. The highest BCUT2D eigenvalue weighted by Crippen LogP contribution is 2.60. The van der Waals surface area contributed by atoms with Crippen LogP contribution >= 0.6 is 0 Å². The monoisotopic (exact) mass is 346 g/mol. The van der Waals surface area contributed by atoms with Crippen molar-refractivity contribution < 1.29 is 13.2 Å². The maximum absolute atomic E-state index is 13.6. The Morgan fingerprint density at radius 1 is 1.12 bits per heavy atom. The van der Waals surface area contributed by atoms with Gasteiger partial charge in [0, 0.05) is 5.41 Å². The topological polar surface area (TPSA) is 54.0 Å². The molecule has 0 aliphatic heterocycles. The molecule has 0 amide bonds. The Kier molecular flexibility index (Phi) is 2.88. The Morgan fingerprint density at radius 2 is 1.72 bits per heavy atom. The average Bonchev–Trinajstić information content (AvgIpc) is 2.94. The van der Waals surface area contributed by atoms with Gasteiger partial charge >= 0.3 is 6.18 Å². The van der Waals surface area contributed by atoms with E-state index in [9.17, 15) is 18.4 Å². The van der Waals surface area contributed by atoms with E-state index in [0.717, 1.165) is 23.8 Å². The van der Waals surface area contributed by atoms with Crippen LogP contribution in [0.1, 0.15) is 55.5 Å². The van der Waals surface area contributed by atoms with Gasteiger partial charge in [-0.2, -0.15) is 23.5 Å². The molecule has 4 saturated carbocycles. The van der Waals surface area contributed by atoms with Crippen LogP contribution in [0.25, 0.3) is 5.65 Å². The Morgan fingerprint density at radius 3 is 2.24 bits per heavy atom. The third-order valence-corrected chi connectivity index (χ3v) is 6.46. The standard InChI is InChI=1S/C18H17F3N4/c19-18(20,21)15-4-14(24-16-13(8-22)9-23-25(15)16)17-5-10-1-11(6-17)3-12(2-10)7-17/h4,9-12H,1-3,5-7H2. The smallest absolute Gasteiger partial charge is 0.232 e. The number of alkyl halides is 3. The number of hydrogen-bond acceptors (Lipinski definition) is 3. The van der Waals surface area contributed by atoms with E-state index in [-0.39, 0.29) is 16.6 Å². The van der Waals surface area contributed by atoms with E-state index in [1.807, 2.05) is 6.07 Å². The summed E-state index contributed by atoms with van der Waals surface area (Å²) in [6, 6.07) is 3.11. The van der Waals surface area contributed by atoms with Gasteiger partial charge in [0.15, 0.2) is 5.65 Å². The highest BCUT2D eigenvalue weighted by Gasteiger charge is 2.53. The van der Waals surface area contributed by atoms with Crippen LogP contribution in [0, 0.1) is 29.1 Å². The zero-order valence-electron chi connectivity index (χ0n) is 13.6. The van der Waals surface area contributed by atoms with Crippen LogP contribution in [0.4, 0.5) is 13.2 Å². The largest absolute Gasteiger partial charge is 0.433 e. The summed E-state index contributed by atoms with van der Waals surface area (Å²) < 4.78 is 41.6. The van der Waals surface area contributed by atoms with E-state index in [1.165, 1.54) is 31.5 Å². The molecule has 4 bridgehead atoms. The molecule has 25 heavy (non-hydrogen) atoms. The second-order valence-electron chi connectivity index (χ2n) is 8.13. The predicted octanol–water partition coefficient (Wildman–Crippen LogP) is 4.09. The highest BCUT2D eigenvalue weighted by atomic mass is 19.4. The summed E-state index contributed by atoms with van der Waals surface area (Å²) in [7, 11) is 0. The SMILES string of the molecule is N#Cc1cnn2c(C(F)(F)F)cc(C34CC5CC(CC(C5)C3)C4)nc12. The van der Waals surface area contributed by atoms with Crippen molar-refractivity contribution >= 4 is 5.65 Å². The molecule has 0 radical (unpaired) electrons. The zero-order chi connectivity index (χ0) is 17.4. The second-order valence-corrected chi connectivity index (χ2v) is 8.13. The van der Waals surface area contributed by atoms with Gasteiger partial charge in [-0.25, -0.2) is 9.50 Å². The van der Waals surface area contributed by atoms with Crippen molar-refractivity contribution in [3.05, 3.63) is 29.2 Å². The molecule has 4 aliphatic rings. The van der Waals surface area contributed by atoms with Gasteiger partial charge in [0.2, 0.25) is 0 Å². The van der Waals surface area contributed by atoms with Gasteiger partial charge in [0.25, 0.3) is 0 Å². The van der Waals surface area contributed by atoms with Crippen molar-refractivity contribution in [1.82, 2.24) is 14.6 Å². The summed E-state index contributed by atoms with van der Waals surface area (Å²) in [6.07, 6.45) is 3.05. The minimum atomic E-state index is -4.53. The third-order valence-electron chi connectivity index (χ3n) is 6.46. The fourth-order valence-electron chi connectivity index (χ4n) is 5.94. The van der Waals surface area contributed by atoms with Gasteiger partial charge in [-0.3, -0.25) is 0 Å². The maximum atomic E-state index is 13.6. The van der Waals surface area contributed by atoms with E-state index in [2.05, 4.69) is 10.1 Å². The number of hydrogen-bond donors (Lipinski definition) is 0. The number of nitriles is 1. The fourth-order valence-corrected chi connectivity index (χ4v) is 5.94. The lowest BCUT2D eigenvalue weighted by Gasteiger charge is -2.56. The Bertz CT molecular complexity index is 870. The minimum absolute atomic E-state index is 0.0306. The summed E-state index contributed by atoms with van der Waals surface area (Å²) >= 11 is 0. The lowest BCUT2D eigenvalue weighted by atomic mass is 9.49. The normalized spacial score (nSPS) is 33.8. The molecule has 2 aromatic heterocycles. The first kappa shape index (κ1) is 15.2. The molecule has 0 atom stereocenters. The van der Waals surface area contributed by atoms with E-state index in [4.69, 9.17) is 0 Å². The van der Waals surface area contributed by atoms with Crippen LogP contribution < -0.4 is 0 Å². The molecule has 4 fully saturated rings. The van der Waals surface area contributed by atoms with Crippen LogP contribution in [0.5, 0.6) is 0 Å². The van der Waals surface area contributed by atoms with Crippen LogP contribution in [0.15, 0.2) is 12.3 Å². The van der Waals surface area contributed by atoms with Crippen LogP contribution in [0.3, 0.4) is 0 Å². The summed E-state index contributed by atoms with van der Waals surface area (Å²) in [6.45, 7) is 0. The summed E-state index contributed by atoms with van der Waals surface area (Å²) in [5.74, 6) is 1.83. The second kappa shape index (κ2) is 4.75. The predicted molar refractivity (Wildman–Crippen MR) is 82.6 cm³/mol. The molecule has 4 nitrogen and oxygen atoms in total. The molecule has 0 aromatic carbocycles. The van der Waals surface area contributed by atoms with Crippen molar-refractivity contribution in [2.45, 2.75) is 50.1 Å². The maximum Gasteiger partial charge on any atom is 0.433 e. The fraction of sp³-hybridized carbons (Fsp3) is 0.611. The van der Waals surface area contributed by atoms with Crippen LogP contribution in [-0.2, 0) is 11.6 Å². The molecule has 0 unspecified atom stereocenters. The van der Waals surface area contributed by atoms with Crippen LogP contribution in [-0.4, -0.2) is 14.6 Å². The van der Waals surface area contributed by atoms with Crippen molar-refractivity contribution in [3.63, 3.8) is 0 Å². The molecule has 7 heteroatoms. The molecule has 4 aliphatic carbocycles. The molecule has 0 N–H and O–H groups in total. The number of aromatic nitrogens is 3. The number of fused-ring (bicyclic) bond motifs is 1. The number of nitrogens with zero attached hydrogens (tertiary/aromatic N) is 4. The summed E-state index contributed by atoms with van der Waals surface area (Å²) in [5, 5.41) is 13.0. The van der Waals surface area contributed by atoms with Crippen molar-refractivity contribution in [2.75, 3.05) is 0 Å². The molecule has 2 aromatic rings. The molecule has 2 heterocycles. The molecular formula is C18H17F3N4. The van der Waals surface area contributed by atoms with Crippen molar-refractivity contribution in [2.24, 2.45) is 17.8 Å². The summed E-state index contributed by atoms with van der Waals surface area (Å²) in [5.41, 5.74) is -0.443. The molecule has 6 rings (SSSR count). The molecular weight excluding hydrogens is 329 g/mol. The first-order valence-electron chi connectivity index (χ1n) is 8.74. The quantitative estimate of drug-likeness (QED) is 0.781. The van der Waals surface area contributed by atoms with Gasteiger partial charge in [-0.15, -0.1) is 0 Å². The van der Waals surface area contributed by atoms with Gasteiger partial charge in [0.05, 0.1) is 11.9 Å². The van der Waals surface area contributed by atoms with Gasteiger partial charge in [-0.1, -0.05) is 0 Å². The van der Waals surface area contributed by atoms with Crippen LogP contribution in [0.2, 0.25) is 0 Å². The molecule has 0 saturated heterocycles. The Hall–Kier alpha value is -2.10. The third kappa shape index (κ3) is 2.12. The zero-order valence-corrected chi connectivity index (χ0v) is 13.6. The van der Waals surface area contributed by atoms with E-state index in [1.54, 1.807) is 0 Å². The molecule has 130 valence electrons. The first-order chi connectivity index (χ1) is 11.9. The minimum Gasteiger partial charge on any atom is -0.232 e. The van der Waals surface area contributed by atoms with Gasteiger partial charge < -0.3 is 0 Å².